The van der Waals surface area contributed by atoms with Gasteiger partial charge in [0.15, 0.2) is 9.84 Å². The van der Waals surface area contributed by atoms with Crippen LogP contribution >= 0.6 is 0 Å². The van der Waals surface area contributed by atoms with E-state index in [-0.39, 0.29) is 10.8 Å². The van der Waals surface area contributed by atoms with E-state index >= 15 is 0 Å². The van der Waals surface area contributed by atoms with Crippen molar-refractivity contribution in [3.63, 3.8) is 0 Å². The number of benzene rings is 3. The van der Waals surface area contributed by atoms with Crippen molar-refractivity contribution in [3.8, 4) is 22.6 Å². The summed E-state index contributed by atoms with van der Waals surface area (Å²) in [5.41, 5.74) is 2.10. The molecule has 6 nitrogen and oxygen atoms in total. The highest BCUT2D eigenvalue weighted by molar-refractivity contribution is 7.90. The molecular weight excluding hydrogens is 426 g/mol. The van der Waals surface area contributed by atoms with Crippen molar-refractivity contribution < 1.29 is 22.7 Å². The number of sulfone groups is 1. The van der Waals surface area contributed by atoms with Gasteiger partial charge in [-0.05, 0) is 42.3 Å². The summed E-state index contributed by atoms with van der Waals surface area (Å²) in [7, 11) is -3.22. The van der Waals surface area contributed by atoms with E-state index < -0.39 is 9.84 Å². The number of rotatable bonds is 11. The van der Waals surface area contributed by atoms with Gasteiger partial charge in [-0.2, -0.15) is 0 Å². The fraction of sp³-hybridized carbons (Fsp3) is 0.240. The van der Waals surface area contributed by atoms with E-state index in [4.69, 9.17) is 9.47 Å². The molecule has 3 aromatic rings. The second kappa shape index (κ2) is 11.3. The van der Waals surface area contributed by atoms with Crippen molar-refractivity contribution in [1.82, 2.24) is 5.32 Å². The van der Waals surface area contributed by atoms with Gasteiger partial charge in [-0.1, -0.05) is 48.5 Å². The summed E-state index contributed by atoms with van der Waals surface area (Å²) >= 11 is 0. The van der Waals surface area contributed by atoms with Crippen LogP contribution in [0.1, 0.15) is 12.8 Å². The maximum Gasteiger partial charge on any atom is 0.220 e. The SMILES string of the molecule is CS(=O)(=O)c1ccc(OCCCC(=O)NCCOc2ccccc2-c2ccccc2)cc1. The number of hydrogen-bond donors (Lipinski definition) is 1. The third-order valence-corrected chi connectivity index (χ3v) is 5.85. The van der Waals surface area contributed by atoms with Gasteiger partial charge in [-0.15, -0.1) is 0 Å². The molecule has 0 heterocycles. The minimum Gasteiger partial charge on any atom is -0.494 e. The molecule has 0 fully saturated rings. The third-order valence-electron chi connectivity index (χ3n) is 4.72. The smallest absolute Gasteiger partial charge is 0.220 e. The molecule has 3 rings (SSSR count). The van der Waals surface area contributed by atoms with Crippen LogP contribution in [-0.4, -0.2) is 40.3 Å². The molecule has 1 N–H and O–H groups in total. The molecule has 0 saturated heterocycles. The highest BCUT2D eigenvalue weighted by Crippen LogP contribution is 2.29. The Kier molecular flexibility index (Phi) is 8.27. The highest BCUT2D eigenvalue weighted by Gasteiger charge is 2.08. The highest BCUT2D eigenvalue weighted by atomic mass is 32.2. The molecule has 1 amide bonds. The van der Waals surface area contributed by atoms with Crippen molar-refractivity contribution in [1.29, 1.82) is 0 Å². The lowest BCUT2D eigenvalue weighted by molar-refractivity contribution is -0.121. The van der Waals surface area contributed by atoms with Gasteiger partial charge in [0.1, 0.15) is 18.1 Å². The number of nitrogens with one attached hydrogen (secondary N) is 1. The molecule has 168 valence electrons. The van der Waals surface area contributed by atoms with Crippen LogP contribution in [0.5, 0.6) is 11.5 Å². The Hall–Kier alpha value is -3.32. The molecule has 0 aromatic heterocycles. The largest absolute Gasteiger partial charge is 0.494 e. The fourth-order valence-corrected chi connectivity index (χ4v) is 3.72. The minimum absolute atomic E-state index is 0.0685. The summed E-state index contributed by atoms with van der Waals surface area (Å²) in [6.07, 6.45) is 2.05. The molecule has 0 spiro atoms. The Labute approximate surface area is 189 Å². The maximum absolute atomic E-state index is 12.0. The van der Waals surface area contributed by atoms with E-state index in [1.807, 2.05) is 54.6 Å². The van der Waals surface area contributed by atoms with Crippen molar-refractivity contribution in [2.75, 3.05) is 26.0 Å². The Morgan fingerprint density at radius 2 is 1.53 bits per heavy atom. The summed E-state index contributed by atoms with van der Waals surface area (Å²) < 4.78 is 34.4. The van der Waals surface area contributed by atoms with Crippen LogP contribution in [0.15, 0.2) is 83.8 Å². The topological polar surface area (TPSA) is 81.7 Å². The van der Waals surface area contributed by atoms with Gasteiger partial charge in [0.25, 0.3) is 0 Å². The standard InChI is InChI=1S/C25H27NO5S/c1-32(28,29)22-15-13-21(14-16-22)30-18-7-12-25(27)26-17-19-31-24-11-6-5-10-23(24)20-8-3-2-4-9-20/h2-6,8-11,13-16H,7,12,17-19H2,1H3,(H,26,27). The second-order valence-electron chi connectivity index (χ2n) is 7.26. The molecule has 0 saturated carbocycles. The first-order chi connectivity index (χ1) is 15.4. The molecule has 0 atom stereocenters. The number of amides is 1. The first-order valence-electron chi connectivity index (χ1n) is 10.4. The van der Waals surface area contributed by atoms with Crippen molar-refractivity contribution >= 4 is 15.7 Å². The van der Waals surface area contributed by atoms with Gasteiger partial charge in [0.05, 0.1) is 18.0 Å². The average Bonchev–Trinajstić information content (AvgIpc) is 2.80. The van der Waals surface area contributed by atoms with Crippen LogP contribution in [0, 0.1) is 0 Å². The summed E-state index contributed by atoms with van der Waals surface area (Å²) in [5, 5.41) is 2.85. The number of carbonyl (C=O) groups excluding carboxylic acids is 1. The van der Waals surface area contributed by atoms with E-state index in [1.165, 1.54) is 12.1 Å². The molecule has 0 unspecified atom stereocenters. The number of para-hydroxylation sites is 1. The van der Waals surface area contributed by atoms with Crippen LogP contribution in [0.2, 0.25) is 0 Å². The Morgan fingerprint density at radius 3 is 2.25 bits per heavy atom. The van der Waals surface area contributed by atoms with E-state index in [1.54, 1.807) is 12.1 Å². The molecule has 0 aliphatic heterocycles. The van der Waals surface area contributed by atoms with Crippen LogP contribution in [-0.2, 0) is 14.6 Å². The zero-order valence-electron chi connectivity index (χ0n) is 18.0. The maximum atomic E-state index is 12.0. The van der Waals surface area contributed by atoms with Crippen molar-refractivity contribution in [2.45, 2.75) is 17.7 Å². The van der Waals surface area contributed by atoms with Crippen LogP contribution in [0.3, 0.4) is 0 Å². The van der Waals surface area contributed by atoms with Gasteiger partial charge in [0, 0.05) is 18.2 Å². The summed E-state index contributed by atoms with van der Waals surface area (Å²) in [6, 6.07) is 24.1. The van der Waals surface area contributed by atoms with E-state index in [0.29, 0.717) is 38.3 Å². The van der Waals surface area contributed by atoms with Gasteiger partial charge >= 0.3 is 0 Å². The molecule has 0 aliphatic carbocycles. The normalized spacial score (nSPS) is 11.0. The van der Waals surface area contributed by atoms with Crippen LogP contribution in [0.25, 0.3) is 11.1 Å². The monoisotopic (exact) mass is 453 g/mol. The predicted octanol–water partition coefficient (Wildman–Crippen LogP) is 4.11. The quantitative estimate of drug-likeness (QED) is 0.442. The Morgan fingerprint density at radius 1 is 0.844 bits per heavy atom. The van der Waals surface area contributed by atoms with E-state index in [0.717, 1.165) is 23.1 Å². The average molecular weight is 454 g/mol. The van der Waals surface area contributed by atoms with Gasteiger partial charge in [-0.3, -0.25) is 4.79 Å². The number of carbonyl (C=O) groups is 1. The zero-order chi connectivity index (χ0) is 22.8. The molecular formula is C25H27NO5S. The lowest BCUT2D eigenvalue weighted by Crippen LogP contribution is -2.28. The second-order valence-corrected chi connectivity index (χ2v) is 9.27. The van der Waals surface area contributed by atoms with Crippen molar-refractivity contribution in [2.24, 2.45) is 0 Å². The summed E-state index contributed by atoms with van der Waals surface area (Å²) in [4.78, 5) is 12.3. The lowest BCUT2D eigenvalue weighted by Gasteiger charge is -2.12. The molecule has 0 aliphatic rings. The number of ether oxygens (including phenoxy) is 2. The van der Waals surface area contributed by atoms with Crippen LogP contribution < -0.4 is 14.8 Å². The zero-order valence-corrected chi connectivity index (χ0v) is 18.8. The molecule has 32 heavy (non-hydrogen) atoms. The van der Waals surface area contributed by atoms with Gasteiger partial charge in [0.2, 0.25) is 5.91 Å². The fourth-order valence-electron chi connectivity index (χ4n) is 3.09. The summed E-state index contributed by atoms with van der Waals surface area (Å²) in [6.45, 7) is 1.15. The van der Waals surface area contributed by atoms with E-state index in [9.17, 15) is 13.2 Å². The first kappa shape index (κ1) is 23.3. The molecule has 3 aromatic carbocycles. The predicted molar refractivity (Wildman–Crippen MR) is 125 cm³/mol. The van der Waals surface area contributed by atoms with Crippen LogP contribution in [0.4, 0.5) is 0 Å². The number of hydrogen-bond acceptors (Lipinski definition) is 5. The molecule has 0 bridgehead atoms. The van der Waals surface area contributed by atoms with Gasteiger partial charge < -0.3 is 14.8 Å². The molecule has 7 heteroatoms. The van der Waals surface area contributed by atoms with Gasteiger partial charge in [-0.25, -0.2) is 8.42 Å². The minimum atomic E-state index is -3.22. The lowest BCUT2D eigenvalue weighted by atomic mass is 10.1. The van der Waals surface area contributed by atoms with Crippen molar-refractivity contribution in [3.05, 3.63) is 78.9 Å². The molecule has 0 radical (unpaired) electrons. The van der Waals surface area contributed by atoms with E-state index in [2.05, 4.69) is 5.32 Å². The Balaban J connectivity index is 1.34. The third kappa shape index (κ3) is 7.13. The Bertz CT molecular complexity index is 1110. The first-order valence-corrected chi connectivity index (χ1v) is 12.3. The summed E-state index contributed by atoms with van der Waals surface area (Å²) in [5.74, 6) is 1.28.